The fourth-order valence-electron chi connectivity index (χ4n) is 3.69. The largest absolute Gasteiger partial charge is 0.321 e. The van der Waals surface area contributed by atoms with Crippen LogP contribution in [0.15, 0.2) is 30.3 Å². The molecular formula is C17H22N2O. The van der Waals surface area contributed by atoms with E-state index in [0.29, 0.717) is 11.3 Å². The van der Waals surface area contributed by atoms with Gasteiger partial charge in [-0.1, -0.05) is 43.7 Å². The third kappa shape index (κ3) is 1.80. The highest BCUT2D eigenvalue weighted by atomic mass is 16.2. The van der Waals surface area contributed by atoms with E-state index in [2.05, 4.69) is 41.4 Å². The summed E-state index contributed by atoms with van der Waals surface area (Å²) < 4.78 is 0. The lowest BCUT2D eigenvalue weighted by molar-refractivity contribution is -0.133. The van der Waals surface area contributed by atoms with Gasteiger partial charge in [0, 0.05) is 6.54 Å². The predicted octanol–water partition coefficient (Wildman–Crippen LogP) is 2.84. The topological polar surface area (TPSA) is 32.3 Å². The first-order chi connectivity index (χ1) is 9.62. The van der Waals surface area contributed by atoms with Crippen LogP contribution < -0.4 is 5.32 Å². The minimum Gasteiger partial charge on any atom is -0.321 e. The minimum atomic E-state index is -0.222. The molecule has 2 aliphatic carbocycles. The molecule has 0 aromatic heterocycles. The van der Waals surface area contributed by atoms with Gasteiger partial charge in [-0.3, -0.25) is 10.1 Å². The summed E-state index contributed by atoms with van der Waals surface area (Å²) in [5.41, 5.74) is 1.33. The van der Waals surface area contributed by atoms with Crippen LogP contribution in [0.5, 0.6) is 0 Å². The lowest BCUT2D eigenvalue weighted by Gasteiger charge is -2.42. The van der Waals surface area contributed by atoms with Crippen LogP contribution in [-0.4, -0.2) is 22.9 Å². The Balaban J connectivity index is 1.63. The van der Waals surface area contributed by atoms with Gasteiger partial charge in [-0.15, -0.1) is 0 Å². The smallest absolute Gasteiger partial charge is 0.244 e. The summed E-state index contributed by atoms with van der Waals surface area (Å²) in [5, 5.41) is 3.60. The van der Waals surface area contributed by atoms with Crippen LogP contribution in [-0.2, 0) is 4.79 Å². The molecular weight excluding hydrogens is 248 g/mol. The van der Waals surface area contributed by atoms with E-state index < -0.39 is 0 Å². The molecule has 1 atom stereocenters. The fourth-order valence-corrected chi connectivity index (χ4v) is 3.69. The van der Waals surface area contributed by atoms with Crippen LogP contribution in [0, 0.1) is 5.41 Å². The first-order valence-corrected chi connectivity index (χ1v) is 7.76. The maximum Gasteiger partial charge on any atom is 0.244 e. The standard InChI is InChI=1S/C17H22N2O/c1-16(8-5-9-16)12-19-14(13-6-3-2-4-7-13)18-17(10-11-17)15(19)20/h2-4,6-7,14,18H,5,8-12H2,1H3. The third-order valence-electron chi connectivity index (χ3n) is 5.37. The summed E-state index contributed by atoms with van der Waals surface area (Å²) in [4.78, 5) is 14.9. The Morgan fingerprint density at radius 1 is 1.20 bits per heavy atom. The van der Waals surface area contributed by atoms with Crippen molar-refractivity contribution in [3.8, 4) is 0 Å². The number of nitrogens with one attached hydrogen (secondary N) is 1. The molecule has 3 fully saturated rings. The molecule has 1 aromatic rings. The second kappa shape index (κ2) is 4.08. The zero-order valence-corrected chi connectivity index (χ0v) is 12.1. The van der Waals surface area contributed by atoms with Gasteiger partial charge in [0.1, 0.15) is 11.7 Å². The molecule has 106 valence electrons. The molecule has 20 heavy (non-hydrogen) atoms. The highest BCUT2D eigenvalue weighted by molar-refractivity contribution is 5.92. The third-order valence-corrected chi connectivity index (χ3v) is 5.37. The van der Waals surface area contributed by atoms with Gasteiger partial charge in [0.2, 0.25) is 5.91 Å². The molecule has 1 amide bonds. The van der Waals surface area contributed by atoms with Gasteiger partial charge >= 0.3 is 0 Å². The Morgan fingerprint density at radius 2 is 1.90 bits per heavy atom. The minimum absolute atomic E-state index is 0.0728. The average Bonchev–Trinajstić information content (AvgIpc) is 3.16. The number of carbonyl (C=O) groups is 1. The summed E-state index contributed by atoms with van der Waals surface area (Å²) in [6.45, 7) is 3.23. The molecule has 1 unspecified atom stereocenters. The van der Waals surface area contributed by atoms with Gasteiger partial charge in [0.05, 0.1) is 0 Å². The van der Waals surface area contributed by atoms with Gasteiger partial charge in [-0.25, -0.2) is 0 Å². The van der Waals surface area contributed by atoms with Crippen molar-refractivity contribution in [2.45, 2.75) is 50.7 Å². The summed E-state index contributed by atoms with van der Waals surface area (Å²) in [5.74, 6) is 0.333. The summed E-state index contributed by atoms with van der Waals surface area (Å²) in [6.07, 6.45) is 5.90. The SMILES string of the molecule is CC1(CN2C(=O)C3(CC3)NC2c2ccccc2)CCC1. The summed E-state index contributed by atoms with van der Waals surface area (Å²) >= 11 is 0. The predicted molar refractivity (Wildman–Crippen MR) is 78.0 cm³/mol. The lowest BCUT2D eigenvalue weighted by Crippen LogP contribution is -2.43. The molecule has 4 rings (SSSR count). The monoisotopic (exact) mass is 270 g/mol. The highest BCUT2D eigenvalue weighted by Crippen LogP contribution is 2.49. The number of carbonyl (C=O) groups excluding carboxylic acids is 1. The van der Waals surface area contributed by atoms with Crippen molar-refractivity contribution in [3.63, 3.8) is 0 Å². The fraction of sp³-hybridized carbons (Fsp3) is 0.588. The van der Waals surface area contributed by atoms with Gasteiger partial charge in [0.15, 0.2) is 0 Å². The van der Waals surface area contributed by atoms with E-state index in [1.165, 1.54) is 24.8 Å². The lowest BCUT2D eigenvalue weighted by atomic mass is 9.70. The molecule has 1 spiro atoms. The molecule has 3 nitrogen and oxygen atoms in total. The summed E-state index contributed by atoms with van der Waals surface area (Å²) in [6, 6.07) is 10.4. The normalized spacial score (nSPS) is 29.6. The Kier molecular flexibility index (Phi) is 2.53. The second-order valence-electron chi connectivity index (χ2n) is 7.14. The first-order valence-electron chi connectivity index (χ1n) is 7.76. The molecule has 0 bridgehead atoms. The van der Waals surface area contributed by atoms with Crippen LogP contribution in [0.2, 0.25) is 0 Å². The van der Waals surface area contributed by atoms with Gasteiger partial charge in [-0.2, -0.15) is 0 Å². The Morgan fingerprint density at radius 3 is 2.45 bits per heavy atom. The molecule has 1 N–H and O–H groups in total. The molecule has 1 aliphatic heterocycles. The van der Waals surface area contributed by atoms with E-state index in [0.717, 1.165) is 19.4 Å². The molecule has 3 aliphatic rings. The molecule has 1 saturated heterocycles. The van der Waals surface area contributed by atoms with Crippen molar-refractivity contribution in [2.75, 3.05) is 6.54 Å². The Hall–Kier alpha value is -1.35. The average molecular weight is 270 g/mol. The highest BCUT2D eigenvalue weighted by Gasteiger charge is 2.60. The van der Waals surface area contributed by atoms with Crippen molar-refractivity contribution < 1.29 is 4.79 Å². The number of nitrogens with zero attached hydrogens (tertiary/aromatic N) is 1. The molecule has 1 aromatic carbocycles. The van der Waals surface area contributed by atoms with Crippen molar-refractivity contribution in [3.05, 3.63) is 35.9 Å². The van der Waals surface area contributed by atoms with Crippen LogP contribution in [0.25, 0.3) is 0 Å². The summed E-state index contributed by atoms with van der Waals surface area (Å²) in [7, 11) is 0. The molecule has 0 radical (unpaired) electrons. The van der Waals surface area contributed by atoms with E-state index in [4.69, 9.17) is 0 Å². The van der Waals surface area contributed by atoms with Crippen LogP contribution in [0.3, 0.4) is 0 Å². The van der Waals surface area contributed by atoms with E-state index in [1.807, 2.05) is 6.07 Å². The maximum atomic E-state index is 12.8. The Labute approximate surface area is 120 Å². The van der Waals surface area contributed by atoms with Crippen LogP contribution >= 0.6 is 0 Å². The number of rotatable bonds is 3. The van der Waals surface area contributed by atoms with Crippen LogP contribution in [0.4, 0.5) is 0 Å². The molecule has 1 heterocycles. The van der Waals surface area contributed by atoms with Gasteiger partial charge in [0.25, 0.3) is 0 Å². The number of hydrogen-bond donors (Lipinski definition) is 1. The van der Waals surface area contributed by atoms with Crippen LogP contribution in [0.1, 0.15) is 50.8 Å². The second-order valence-corrected chi connectivity index (χ2v) is 7.14. The zero-order valence-electron chi connectivity index (χ0n) is 12.1. The Bertz CT molecular complexity index is 531. The van der Waals surface area contributed by atoms with E-state index in [9.17, 15) is 4.79 Å². The van der Waals surface area contributed by atoms with Crippen molar-refractivity contribution >= 4 is 5.91 Å². The van der Waals surface area contributed by atoms with E-state index in [-0.39, 0.29) is 11.7 Å². The first kappa shape index (κ1) is 12.4. The van der Waals surface area contributed by atoms with Gasteiger partial charge < -0.3 is 4.90 Å². The number of hydrogen-bond acceptors (Lipinski definition) is 2. The van der Waals surface area contributed by atoms with Crippen molar-refractivity contribution in [1.29, 1.82) is 0 Å². The van der Waals surface area contributed by atoms with E-state index in [1.54, 1.807) is 0 Å². The van der Waals surface area contributed by atoms with Crippen molar-refractivity contribution in [1.82, 2.24) is 10.2 Å². The number of benzene rings is 1. The molecule has 3 heteroatoms. The number of amides is 1. The van der Waals surface area contributed by atoms with Gasteiger partial charge in [-0.05, 0) is 36.7 Å². The molecule has 2 saturated carbocycles. The maximum absolute atomic E-state index is 12.8. The quantitative estimate of drug-likeness (QED) is 0.916. The van der Waals surface area contributed by atoms with E-state index >= 15 is 0 Å². The zero-order chi connectivity index (χ0) is 13.8. The van der Waals surface area contributed by atoms with Crippen molar-refractivity contribution in [2.24, 2.45) is 5.41 Å².